The van der Waals surface area contributed by atoms with E-state index < -0.39 is 0 Å². The molecule has 3 aromatic carbocycles. The Labute approximate surface area is 173 Å². The van der Waals surface area contributed by atoms with Crippen LogP contribution in [-0.4, -0.2) is 32.7 Å². The van der Waals surface area contributed by atoms with Crippen molar-refractivity contribution in [1.29, 1.82) is 0 Å². The van der Waals surface area contributed by atoms with E-state index in [1.807, 2.05) is 30.3 Å². The number of carbonyl (C=O) groups excluding carboxylic acids is 1. The summed E-state index contributed by atoms with van der Waals surface area (Å²) >= 11 is 0. The molecule has 0 aliphatic rings. The first-order valence-electron chi connectivity index (χ1n) is 9.60. The topological polar surface area (TPSA) is 75.4 Å². The molecule has 0 aliphatic heterocycles. The van der Waals surface area contributed by atoms with Crippen molar-refractivity contribution in [2.45, 2.75) is 13.1 Å². The number of nitrogens with zero attached hydrogens (tertiary/aromatic N) is 3. The second-order valence-electron chi connectivity index (χ2n) is 7.17. The number of aromatic nitrogens is 2. The third-order valence-electron chi connectivity index (χ3n) is 4.95. The van der Waals surface area contributed by atoms with Gasteiger partial charge in [-0.3, -0.25) is 9.59 Å². The summed E-state index contributed by atoms with van der Waals surface area (Å²) in [6, 6.07) is 23.3. The Bertz CT molecular complexity index is 1250. The predicted molar refractivity (Wildman–Crippen MR) is 115 cm³/mol. The standard InChI is InChI=1S/C24H21N3O3/c1-26(15-18-11-13-19(28)14-12-18)24(30)22-20-9-5-6-10-21(20)23(29)27(25-22)16-17-7-3-2-4-8-17/h2-14,28H,15-16H2,1H3. The van der Waals surface area contributed by atoms with E-state index in [1.54, 1.807) is 60.5 Å². The molecule has 30 heavy (non-hydrogen) atoms. The van der Waals surface area contributed by atoms with E-state index in [0.29, 0.717) is 17.3 Å². The molecule has 0 saturated carbocycles. The lowest BCUT2D eigenvalue weighted by atomic mass is 10.1. The zero-order valence-electron chi connectivity index (χ0n) is 16.5. The Morgan fingerprint density at radius 2 is 1.53 bits per heavy atom. The molecule has 6 nitrogen and oxygen atoms in total. The Balaban J connectivity index is 1.73. The highest BCUT2D eigenvalue weighted by Crippen LogP contribution is 2.17. The zero-order chi connectivity index (χ0) is 21.1. The van der Waals surface area contributed by atoms with Crippen LogP contribution in [-0.2, 0) is 13.1 Å². The van der Waals surface area contributed by atoms with Crippen molar-refractivity contribution in [3.8, 4) is 5.75 Å². The number of aromatic hydroxyl groups is 1. The van der Waals surface area contributed by atoms with Gasteiger partial charge in [-0.05, 0) is 29.3 Å². The van der Waals surface area contributed by atoms with Crippen molar-refractivity contribution in [2.75, 3.05) is 7.05 Å². The minimum atomic E-state index is -0.277. The third-order valence-corrected chi connectivity index (χ3v) is 4.95. The van der Waals surface area contributed by atoms with Gasteiger partial charge in [-0.25, -0.2) is 4.68 Å². The molecule has 6 heteroatoms. The lowest BCUT2D eigenvalue weighted by molar-refractivity contribution is 0.0779. The second-order valence-corrected chi connectivity index (χ2v) is 7.17. The molecule has 0 saturated heterocycles. The fourth-order valence-electron chi connectivity index (χ4n) is 3.38. The van der Waals surface area contributed by atoms with E-state index in [1.165, 1.54) is 4.68 Å². The largest absolute Gasteiger partial charge is 0.508 e. The van der Waals surface area contributed by atoms with E-state index in [2.05, 4.69) is 5.10 Å². The third kappa shape index (κ3) is 3.93. The monoisotopic (exact) mass is 399 g/mol. The minimum Gasteiger partial charge on any atom is -0.508 e. The van der Waals surface area contributed by atoms with E-state index in [0.717, 1.165) is 11.1 Å². The van der Waals surface area contributed by atoms with Crippen molar-refractivity contribution in [2.24, 2.45) is 0 Å². The molecule has 0 unspecified atom stereocenters. The number of phenols is 1. The molecule has 1 N–H and O–H groups in total. The number of amides is 1. The highest BCUT2D eigenvalue weighted by atomic mass is 16.3. The number of phenolic OH excluding ortho intramolecular Hbond substituents is 1. The second kappa shape index (κ2) is 8.21. The first kappa shape index (κ1) is 19.4. The van der Waals surface area contributed by atoms with Gasteiger partial charge in [0, 0.05) is 19.0 Å². The van der Waals surface area contributed by atoms with Crippen molar-refractivity contribution >= 4 is 16.7 Å². The molecular weight excluding hydrogens is 378 g/mol. The lowest BCUT2D eigenvalue weighted by Crippen LogP contribution is -2.32. The SMILES string of the molecule is CN(Cc1ccc(O)cc1)C(=O)c1nn(Cc2ccccc2)c(=O)c2ccccc12. The summed E-state index contributed by atoms with van der Waals surface area (Å²) in [6.45, 7) is 0.638. The normalized spacial score (nSPS) is 10.8. The number of benzene rings is 3. The molecule has 150 valence electrons. The molecule has 1 heterocycles. The summed E-state index contributed by atoms with van der Waals surface area (Å²) < 4.78 is 1.35. The van der Waals surface area contributed by atoms with Gasteiger partial charge in [-0.1, -0.05) is 60.7 Å². The number of hydrogen-bond acceptors (Lipinski definition) is 4. The summed E-state index contributed by atoms with van der Waals surface area (Å²) in [4.78, 5) is 27.8. The van der Waals surface area contributed by atoms with Crippen LogP contribution in [0.15, 0.2) is 83.7 Å². The summed E-state index contributed by atoms with van der Waals surface area (Å²) in [6.07, 6.45) is 0. The van der Waals surface area contributed by atoms with Gasteiger partial charge in [0.25, 0.3) is 11.5 Å². The predicted octanol–water partition coefficient (Wildman–Crippen LogP) is 3.42. The maximum Gasteiger partial charge on any atom is 0.274 e. The van der Waals surface area contributed by atoms with Gasteiger partial charge < -0.3 is 10.0 Å². The van der Waals surface area contributed by atoms with Crippen LogP contribution in [0.2, 0.25) is 0 Å². The summed E-state index contributed by atoms with van der Waals surface area (Å²) in [5, 5.41) is 14.9. The molecule has 0 aliphatic carbocycles. The van der Waals surface area contributed by atoms with Crippen molar-refractivity contribution in [1.82, 2.24) is 14.7 Å². The van der Waals surface area contributed by atoms with Crippen LogP contribution in [0.25, 0.3) is 10.8 Å². The smallest absolute Gasteiger partial charge is 0.274 e. The number of rotatable bonds is 5. The highest BCUT2D eigenvalue weighted by molar-refractivity contribution is 6.04. The minimum absolute atomic E-state index is 0.174. The quantitative estimate of drug-likeness (QED) is 0.558. The van der Waals surface area contributed by atoms with Gasteiger partial charge >= 0.3 is 0 Å². The Morgan fingerprint density at radius 1 is 0.900 bits per heavy atom. The summed E-state index contributed by atoms with van der Waals surface area (Å²) in [7, 11) is 1.69. The summed E-state index contributed by atoms with van der Waals surface area (Å²) in [5.74, 6) is -0.102. The van der Waals surface area contributed by atoms with E-state index in [4.69, 9.17) is 0 Å². The first-order valence-corrected chi connectivity index (χ1v) is 9.60. The maximum atomic E-state index is 13.2. The van der Waals surface area contributed by atoms with Crippen LogP contribution in [0.4, 0.5) is 0 Å². The van der Waals surface area contributed by atoms with Gasteiger partial charge in [0.05, 0.1) is 11.9 Å². The van der Waals surface area contributed by atoms with Crippen LogP contribution in [0, 0.1) is 0 Å². The fraction of sp³-hybridized carbons (Fsp3) is 0.125. The van der Waals surface area contributed by atoms with Gasteiger partial charge in [-0.15, -0.1) is 0 Å². The Kier molecular flexibility index (Phi) is 5.30. The molecule has 4 aromatic rings. The molecular formula is C24H21N3O3. The average molecular weight is 399 g/mol. The molecule has 1 aromatic heterocycles. The molecule has 0 radical (unpaired) electrons. The molecule has 0 atom stereocenters. The molecule has 0 fully saturated rings. The molecule has 4 rings (SSSR count). The van der Waals surface area contributed by atoms with Crippen LogP contribution < -0.4 is 5.56 Å². The number of carbonyl (C=O) groups is 1. The van der Waals surface area contributed by atoms with Crippen molar-refractivity contribution < 1.29 is 9.90 Å². The number of fused-ring (bicyclic) bond motifs is 1. The zero-order valence-corrected chi connectivity index (χ0v) is 16.5. The van der Waals surface area contributed by atoms with Gasteiger partial charge in [-0.2, -0.15) is 5.10 Å². The Morgan fingerprint density at radius 3 is 2.23 bits per heavy atom. The van der Waals surface area contributed by atoms with Crippen LogP contribution in [0.3, 0.4) is 0 Å². The van der Waals surface area contributed by atoms with Crippen LogP contribution >= 0.6 is 0 Å². The van der Waals surface area contributed by atoms with Gasteiger partial charge in [0.1, 0.15) is 5.75 Å². The fourth-order valence-corrected chi connectivity index (χ4v) is 3.38. The van der Waals surface area contributed by atoms with Gasteiger partial charge in [0.15, 0.2) is 5.69 Å². The Hall–Kier alpha value is -3.93. The first-order chi connectivity index (χ1) is 14.5. The van der Waals surface area contributed by atoms with Crippen molar-refractivity contribution in [3.05, 3.63) is 106 Å². The van der Waals surface area contributed by atoms with Gasteiger partial charge in [0.2, 0.25) is 0 Å². The van der Waals surface area contributed by atoms with Crippen molar-refractivity contribution in [3.63, 3.8) is 0 Å². The number of hydrogen-bond donors (Lipinski definition) is 1. The lowest BCUT2D eigenvalue weighted by Gasteiger charge is -2.19. The van der Waals surface area contributed by atoms with E-state index in [-0.39, 0.29) is 29.5 Å². The van der Waals surface area contributed by atoms with E-state index in [9.17, 15) is 14.7 Å². The molecule has 0 spiro atoms. The summed E-state index contributed by atoms with van der Waals surface area (Å²) in [5.41, 5.74) is 1.82. The van der Waals surface area contributed by atoms with Crippen LogP contribution in [0.5, 0.6) is 5.75 Å². The molecule has 0 bridgehead atoms. The molecule has 1 amide bonds. The van der Waals surface area contributed by atoms with E-state index >= 15 is 0 Å². The average Bonchev–Trinajstić information content (AvgIpc) is 2.77. The van der Waals surface area contributed by atoms with Crippen LogP contribution in [0.1, 0.15) is 21.6 Å². The highest BCUT2D eigenvalue weighted by Gasteiger charge is 2.20. The maximum absolute atomic E-state index is 13.2.